The minimum Gasteiger partial charge on any atom is -0.457 e. The Labute approximate surface area is 176 Å². The van der Waals surface area contributed by atoms with E-state index in [-0.39, 0.29) is 11.2 Å². The Balaban J connectivity index is 1.48. The molecule has 0 amide bonds. The number of nitrogens with zero attached hydrogens (tertiary/aromatic N) is 3. The molecule has 1 aromatic heterocycles. The number of anilines is 1. The number of Topliss-reactive ketones (excluding diaryl/α,β-unsaturated/α-hetero) is 1. The topological polar surface area (TPSA) is 64.5 Å². The van der Waals surface area contributed by atoms with E-state index in [1.54, 1.807) is 0 Å². The lowest BCUT2D eigenvalue weighted by Crippen LogP contribution is -2.36. The summed E-state index contributed by atoms with van der Waals surface area (Å²) in [5.74, 6) is 2.50. The summed E-state index contributed by atoms with van der Waals surface area (Å²) in [6, 6.07) is 13.4. The van der Waals surface area contributed by atoms with Gasteiger partial charge in [0.05, 0.1) is 30.4 Å². The molecule has 3 aromatic rings. The molecule has 2 aromatic carbocycles. The molecular weight excluding hydrogens is 378 g/mol. The number of hydrogen-bond donors (Lipinski definition) is 0. The molecular formula is C24H27N3O3. The Hall–Kier alpha value is -2.99. The van der Waals surface area contributed by atoms with Crippen LogP contribution in [0, 0.1) is 5.41 Å². The first-order valence-corrected chi connectivity index (χ1v) is 10.3. The number of benzene rings is 2. The van der Waals surface area contributed by atoms with Gasteiger partial charge >= 0.3 is 0 Å². The van der Waals surface area contributed by atoms with E-state index in [9.17, 15) is 4.79 Å². The molecule has 0 bridgehead atoms. The standard InChI is InChI=1S/C24H27N3O3/c1-24(2,3)22(28)14-17-4-6-18(7-5-17)30-19-8-9-20-21(15-19)26-23(16-25-20)27-10-12-29-13-11-27/h4-9,15-16H,10-14H2,1-3H3. The fraction of sp³-hybridized carbons (Fsp3) is 0.375. The van der Waals surface area contributed by atoms with Crippen LogP contribution in [-0.2, 0) is 16.0 Å². The first-order chi connectivity index (χ1) is 14.4. The molecule has 1 saturated heterocycles. The summed E-state index contributed by atoms with van der Waals surface area (Å²) in [7, 11) is 0. The van der Waals surface area contributed by atoms with Crippen LogP contribution in [-0.4, -0.2) is 42.1 Å². The fourth-order valence-corrected chi connectivity index (χ4v) is 3.25. The highest BCUT2D eigenvalue weighted by Crippen LogP contribution is 2.26. The Morgan fingerprint density at radius 2 is 1.73 bits per heavy atom. The Morgan fingerprint density at radius 3 is 2.43 bits per heavy atom. The average molecular weight is 405 g/mol. The number of ether oxygens (including phenoxy) is 2. The van der Waals surface area contributed by atoms with E-state index in [0.717, 1.165) is 41.3 Å². The third-order valence-corrected chi connectivity index (χ3v) is 5.20. The van der Waals surface area contributed by atoms with Gasteiger partial charge in [0.15, 0.2) is 0 Å². The van der Waals surface area contributed by atoms with Crippen molar-refractivity contribution in [2.75, 3.05) is 31.2 Å². The number of rotatable bonds is 5. The average Bonchev–Trinajstić information content (AvgIpc) is 2.74. The molecule has 4 rings (SSSR count). The number of hydrogen-bond acceptors (Lipinski definition) is 6. The van der Waals surface area contributed by atoms with Crippen LogP contribution in [0.25, 0.3) is 11.0 Å². The van der Waals surface area contributed by atoms with Crippen molar-refractivity contribution in [2.24, 2.45) is 5.41 Å². The van der Waals surface area contributed by atoms with E-state index in [4.69, 9.17) is 14.5 Å². The third kappa shape index (κ3) is 4.76. The summed E-state index contributed by atoms with van der Waals surface area (Å²) in [6.45, 7) is 8.89. The van der Waals surface area contributed by atoms with Crippen molar-refractivity contribution >= 4 is 22.6 Å². The summed E-state index contributed by atoms with van der Waals surface area (Å²) < 4.78 is 11.4. The second-order valence-electron chi connectivity index (χ2n) is 8.57. The maximum absolute atomic E-state index is 12.2. The molecule has 1 aliphatic rings. The molecule has 0 atom stereocenters. The predicted octanol–water partition coefficient (Wildman–Crippen LogP) is 4.42. The summed E-state index contributed by atoms with van der Waals surface area (Å²) in [5.41, 5.74) is 2.28. The van der Waals surface area contributed by atoms with Crippen LogP contribution in [0.4, 0.5) is 5.82 Å². The van der Waals surface area contributed by atoms with Crippen LogP contribution in [0.5, 0.6) is 11.5 Å². The van der Waals surface area contributed by atoms with Gasteiger partial charge in [0, 0.05) is 31.0 Å². The zero-order valence-electron chi connectivity index (χ0n) is 17.7. The van der Waals surface area contributed by atoms with Gasteiger partial charge in [-0.05, 0) is 29.8 Å². The quantitative estimate of drug-likeness (QED) is 0.626. The van der Waals surface area contributed by atoms with Gasteiger partial charge in [0.1, 0.15) is 23.1 Å². The maximum atomic E-state index is 12.2. The minimum atomic E-state index is -0.332. The van der Waals surface area contributed by atoms with Gasteiger partial charge < -0.3 is 14.4 Å². The highest BCUT2D eigenvalue weighted by Gasteiger charge is 2.21. The smallest absolute Gasteiger partial charge is 0.148 e. The van der Waals surface area contributed by atoms with Crippen LogP contribution in [0.2, 0.25) is 0 Å². The zero-order chi connectivity index (χ0) is 21.1. The van der Waals surface area contributed by atoms with Gasteiger partial charge in [-0.25, -0.2) is 4.98 Å². The van der Waals surface area contributed by atoms with Crippen LogP contribution in [0.15, 0.2) is 48.7 Å². The van der Waals surface area contributed by atoms with Crippen molar-refractivity contribution in [3.8, 4) is 11.5 Å². The molecule has 30 heavy (non-hydrogen) atoms. The van der Waals surface area contributed by atoms with Crippen molar-refractivity contribution in [3.05, 3.63) is 54.2 Å². The Morgan fingerprint density at radius 1 is 1.03 bits per heavy atom. The van der Waals surface area contributed by atoms with E-state index >= 15 is 0 Å². The van der Waals surface area contributed by atoms with Crippen molar-refractivity contribution in [3.63, 3.8) is 0 Å². The first-order valence-electron chi connectivity index (χ1n) is 10.3. The highest BCUT2D eigenvalue weighted by atomic mass is 16.5. The van der Waals surface area contributed by atoms with Crippen molar-refractivity contribution in [1.29, 1.82) is 0 Å². The summed E-state index contributed by atoms with van der Waals surface area (Å²) in [5, 5.41) is 0. The molecule has 6 heteroatoms. The molecule has 1 fully saturated rings. The summed E-state index contributed by atoms with van der Waals surface area (Å²) in [6.07, 6.45) is 2.24. The van der Waals surface area contributed by atoms with Crippen LogP contribution in [0.3, 0.4) is 0 Å². The highest BCUT2D eigenvalue weighted by molar-refractivity contribution is 5.85. The van der Waals surface area contributed by atoms with E-state index in [1.807, 2.05) is 69.4 Å². The molecule has 0 aliphatic carbocycles. The third-order valence-electron chi connectivity index (χ3n) is 5.20. The van der Waals surface area contributed by atoms with Gasteiger partial charge in [0.25, 0.3) is 0 Å². The second-order valence-corrected chi connectivity index (χ2v) is 8.57. The molecule has 2 heterocycles. The number of morpholine rings is 1. The Bertz CT molecular complexity index is 1040. The molecule has 0 unspecified atom stereocenters. The van der Waals surface area contributed by atoms with Crippen molar-refractivity contribution < 1.29 is 14.3 Å². The van der Waals surface area contributed by atoms with Gasteiger partial charge in [-0.1, -0.05) is 32.9 Å². The lowest BCUT2D eigenvalue weighted by molar-refractivity contribution is -0.125. The lowest BCUT2D eigenvalue weighted by Gasteiger charge is -2.27. The number of fused-ring (bicyclic) bond motifs is 1. The first kappa shape index (κ1) is 20.3. The van der Waals surface area contributed by atoms with E-state index in [2.05, 4.69) is 9.88 Å². The molecule has 156 valence electrons. The lowest BCUT2D eigenvalue weighted by atomic mass is 9.87. The fourth-order valence-electron chi connectivity index (χ4n) is 3.25. The zero-order valence-corrected chi connectivity index (χ0v) is 17.7. The molecule has 0 N–H and O–H groups in total. The SMILES string of the molecule is CC(C)(C)C(=O)Cc1ccc(Oc2ccc3ncc(N4CCOCC4)nc3c2)cc1. The molecule has 1 aliphatic heterocycles. The number of carbonyl (C=O) groups is 1. The van der Waals surface area contributed by atoms with Gasteiger partial charge in [-0.15, -0.1) is 0 Å². The summed E-state index contributed by atoms with van der Waals surface area (Å²) in [4.78, 5) is 23.7. The second kappa shape index (κ2) is 8.40. The predicted molar refractivity (Wildman–Crippen MR) is 117 cm³/mol. The summed E-state index contributed by atoms with van der Waals surface area (Å²) >= 11 is 0. The van der Waals surface area contributed by atoms with Crippen molar-refractivity contribution in [1.82, 2.24) is 9.97 Å². The normalized spacial score (nSPS) is 14.7. The molecule has 0 saturated carbocycles. The maximum Gasteiger partial charge on any atom is 0.148 e. The van der Waals surface area contributed by atoms with Gasteiger partial charge in [0.2, 0.25) is 0 Å². The van der Waals surface area contributed by atoms with E-state index in [1.165, 1.54) is 0 Å². The van der Waals surface area contributed by atoms with Gasteiger partial charge in [-0.2, -0.15) is 0 Å². The minimum absolute atomic E-state index is 0.223. The van der Waals surface area contributed by atoms with Crippen LogP contribution < -0.4 is 9.64 Å². The number of carbonyl (C=O) groups excluding carboxylic acids is 1. The Kier molecular flexibility index (Phi) is 5.68. The van der Waals surface area contributed by atoms with E-state index in [0.29, 0.717) is 25.4 Å². The largest absolute Gasteiger partial charge is 0.457 e. The molecule has 0 spiro atoms. The number of ketones is 1. The van der Waals surface area contributed by atoms with Crippen molar-refractivity contribution in [2.45, 2.75) is 27.2 Å². The van der Waals surface area contributed by atoms with Gasteiger partial charge in [-0.3, -0.25) is 9.78 Å². The van der Waals surface area contributed by atoms with Crippen LogP contribution in [0.1, 0.15) is 26.3 Å². The number of aromatic nitrogens is 2. The molecule has 6 nitrogen and oxygen atoms in total. The molecule has 0 radical (unpaired) electrons. The van der Waals surface area contributed by atoms with E-state index < -0.39 is 0 Å². The monoisotopic (exact) mass is 405 g/mol. The van der Waals surface area contributed by atoms with Crippen LogP contribution >= 0.6 is 0 Å².